The first-order valence-corrected chi connectivity index (χ1v) is 6.63. The quantitative estimate of drug-likeness (QED) is 0.759. The summed E-state index contributed by atoms with van der Waals surface area (Å²) in [7, 11) is 1.75. The molecule has 0 aliphatic heterocycles. The summed E-state index contributed by atoms with van der Waals surface area (Å²) in [6.07, 6.45) is 3.34. The topological polar surface area (TPSA) is 26.2 Å². The van der Waals surface area contributed by atoms with Crippen LogP contribution in [0, 0.1) is 0 Å². The molecule has 1 aromatic carbocycles. The third-order valence-electron chi connectivity index (χ3n) is 3.23. The normalized spacial score (nSPS) is 11.2. The number of aromatic nitrogens is 1. The van der Waals surface area contributed by atoms with Crippen molar-refractivity contribution in [3.63, 3.8) is 0 Å². The Hall–Kier alpha value is -1.32. The minimum Gasteiger partial charge on any atom is -0.383 e. The highest BCUT2D eigenvalue weighted by atomic mass is 16.5. The van der Waals surface area contributed by atoms with E-state index in [-0.39, 0.29) is 0 Å². The van der Waals surface area contributed by atoms with Gasteiger partial charge in [0.25, 0.3) is 0 Å². The van der Waals surface area contributed by atoms with E-state index >= 15 is 0 Å². The Balaban J connectivity index is 2.23. The summed E-state index contributed by atoms with van der Waals surface area (Å²) < 4.78 is 7.46. The number of nitrogens with one attached hydrogen (secondary N) is 1. The molecule has 0 atom stereocenters. The molecule has 3 nitrogen and oxygen atoms in total. The Morgan fingerprint density at radius 2 is 2.11 bits per heavy atom. The van der Waals surface area contributed by atoms with Crippen LogP contribution in [-0.4, -0.2) is 31.4 Å². The predicted octanol–water partition coefficient (Wildman–Crippen LogP) is 2.44. The minimum absolute atomic E-state index is 0.755. The summed E-state index contributed by atoms with van der Waals surface area (Å²) in [5.74, 6) is 0. The Morgan fingerprint density at radius 3 is 2.89 bits per heavy atom. The van der Waals surface area contributed by atoms with Gasteiger partial charge < -0.3 is 14.6 Å². The van der Waals surface area contributed by atoms with Crippen molar-refractivity contribution in [2.24, 2.45) is 0 Å². The third-order valence-corrected chi connectivity index (χ3v) is 3.23. The van der Waals surface area contributed by atoms with Gasteiger partial charge in [-0.05, 0) is 31.1 Å². The van der Waals surface area contributed by atoms with Crippen molar-refractivity contribution < 1.29 is 4.74 Å². The van der Waals surface area contributed by atoms with Crippen LogP contribution in [0.25, 0.3) is 10.9 Å². The summed E-state index contributed by atoms with van der Waals surface area (Å²) in [6, 6.07) is 8.60. The van der Waals surface area contributed by atoms with Gasteiger partial charge in [0.2, 0.25) is 0 Å². The smallest absolute Gasteiger partial charge is 0.0641 e. The fraction of sp³-hybridized carbons (Fsp3) is 0.467. The van der Waals surface area contributed by atoms with Crippen LogP contribution < -0.4 is 5.32 Å². The lowest BCUT2D eigenvalue weighted by molar-refractivity contribution is 0.188. The van der Waals surface area contributed by atoms with Crippen LogP contribution in [0.1, 0.15) is 12.5 Å². The number of likely N-dealkylation sites (N-methyl/N-ethyl adjacent to an activating group) is 1. The van der Waals surface area contributed by atoms with Gasteiger partial charge >= 0.3 is 0 Å². The predicted molar refractivity (Wildman–Crippen MR) is 76.1 cm³/mol. The molecule has 1 heterocycles. The summed E-state index contributed by atoms with van der Waals surface area (Å²) in [5, 5.41) is 4.75. The molecule has 2 rings (SSSR count). The highest BCUT2D eigenvalue weighted by Gasteiger charge is 2.07. The molecule has 18 heavy (non-hydrogen) atoms. The summed E-state index contributed by atoms with van der Waals surface area (Å²) >= 11 is 0. The highest BCUT2D eigenvalue weighted by molar-refractivity contribution is 5.84. The van der Waals surface area contributed by atoms with Gasteiger partial charge in [-0.2, -0.15) is 0 Å². The fourth-order valence-electron chi connectivity index (χ4n) is 2.30. The number of rotatable bonds is 7. The van der Waals surface area contributed by atoms with Crippen molar-refractivity contribution in [3.05, 3.63) is 36.0 Å². The van der Waals surface area contributed by atoms with Gasteiger partial charge in [0.1, 0.15) is 0 Å². The number of hydrogen-bond donors (Lipinski definition) is 1. The molecule has 0 unspecified atom stereocenters. The molecule has 1 N–H and O–H groups in total. The van der Waals surface area contributed by atoms with E-state index in [1.165, 1.54) is 16.5 Å². The van der Waals surface area contributed by atoms with Crippen LogP contribution in [0.2, 0.25) is 0 Å². The van der Waals surface area contributed by atoms with Crippen LogP contribution in [0.4, 0.5) is 0 Å². The van der Waals surface area contributed by atoms with Crippen LogP contribution in [-0.2, 0) is 17.7 Å². The van der Waals surface area contributed by atoms with E-state index in [9.17, 15) is 0 Å². The number of ether oxygens (including phenoxy) is 1. The van der Waals surface area contributed by atoms with Crippen LogP contribution in [0.15, 0.2) is 30.5 Å². The molecular weight excluding hydrogens is 224 g/mol. The largest absolute Gasteiger partial charge is 0.383 e. The van der Waals surface area contributed by atoms with Gasteiger partial charge in [-0.1, -0.05) is 25.1 Å². The molecule has 0 radical (unpaired) electrons. The molecule has 0 saturated carbocycles. The molecule has 2 aromatic rings. The zero-order chi connectivity index (χ0) is 12.8. The number of fused-ring (bicyclic) bond motifs is 1. The van der Waals surface area contributed by atoms with Crippen LogP contribution in [0.3, 0.4) is 0 Å². The Bertz CT molecular complexity index is 490. The Morgan fingerprint density at radius 1 is 1.28 bits per heavy atom. The van der Waals surface area contributed by atoms with Gasteiger partial charge in [-0.15, -0.1) is 0 Å². The maximum Gasteiger partial charge on any atom is 0.0641 e. The van der Waals surface area contributed by atoms with Gasteiger partial charge in [-0.3, -0.25) is 0 Å². The van der Waals surface area contributed by atoms with Gasteiger partial charge in [0.15, 0.2) is 0 Å². The van der Waals surface area contributed by atoms with Crippen molar-refractivity contribution in [3.8, 4) is 0 Å². The molecule has 0 aliphatic carbocycles. The van der Waals surface area contributed by atoms with Crippen molar-refractivity contribution in [1.29, 1.82) is 0 Å². The maximum absolute atomic E-state index is 5.17. The Kier molecular flexibility index (Phi) is 4.79. The summed E-state index contributed by atoms with van der Waals surface area (Å²) in [5.41, 5.74) is 2.73. The highest BCUT2D eigenvalue weighted by Crippen LogP contribution is 2.21. The maximum atomic E-state index is 5.17. The second kappa shape index (κ2) is 6.57. The molecule has 3 heteroatoms. The van der Waals surface area contributed by atoms with Gasteiger partial charge in [0, 0.05) is 30.8 Å². The molecule has 0 saturated heterocycles. The molecule has 1 aromatic heterocycles. The first-order chi connectivity index (χ1) is 8.86. The van der Waals surface area contributed by atoms with Crippen molar-refractivity contribution in [2.75, 3.05) is 26.8 Å². The average Bonchev–Trinajstić information content (AvgIpc) is 2.76. The average molecular weight is 246 g/mol. The summed E-state index contributed by atoms with van der Waals surface area (Å²) in [6.45, 7) is 5.88. The lowest BCUT2D eigenvalue weighted by atomic mass is 10.1. The molecule has 0 aliphatic rings. The number of hydrogen-bond acceptors (Lipinski definition) is 2. The Labute approximate surface area is 109 Å². The van der Waals surface area contributed by atoms with Crippen LogP contribution >= 0.6 is 0 Å². The monoisotopic (exact) mass is 246 g/mol. The van der Waals surface area contributed by atoms with E-state index < -0.39 is 0 Å². The number of methoxy groups -OCH3 is 1. The number of para-hydroxylation sites is 1. The zero-order valence-corrected chi connectivity index (χ0v) is 11.3. The molecule has 98 valence electrons. The van der Waals surface area contributed by atoms with Crippen molar-refractivity contribution in [1.82, 2.24) is 9.88 Å². The molecule has 0 amide bonds. The third kappa shape index (κ3) is 2.92. The first kappa shape index (κ1) is 13.1. The minimum atomic E-state index is 0.755. The first-order valence-electron chi connectivity index (χ1n) is 6.63. The lowest BCUT2D eigenvalue weighted by Gasteiger charge is -2.03. The SMILES string of the molecule is CCNCCc1cn(CCOC)c2ccccc12. The van der Waals surface area contributed by atoms with Crippen molar-refractivity contribution in [2.45, 2.75) is 19.9 Å². The van der Waals surface area contributed by atoms with Crippen molar-refractivity contribution >= 4 is 10.9 Å². The van der Waals surface area contributed by atoms with E-state index in [1.807, 2.05) is 0 Å². The van der Waals surface area contributed by atoms with E-state index in [4.69, 9.17) is 4.74 Å². The van der Waals surface area contributed by atoms with E-state index in [2.05, 4.69) is 47.3 Å². The van der Waals surface area contributed by atoms with Gasteiger partial charge in [-0.25, -0.2) is 0 Å². The van der Waals surface area contributed by atoms with E-state index in [0.717, 1.165) is 32.7 Å². The molecule has 0 bridgehead atoms. The van der Waals surface area contributed by atoms with Crippen LogP contribution in [0.5, 0.6) is 0 Å². The standard InChI is InChI=1S/C15H22N2O/c1-3-16-9-8-13-12-17(10-11-18-2)15-7-5-4-6-14(13)15/h4-7,12,16H,3,8-11H2,1-2H3. The molecule has 0 fully saturated rings. The van der Waals surface area contributed by atoms with E-state index in [0.29, 0.717) is 0 Å². The van der Waals surface area contributed by atoms with E-state index in [1.54, 1.807) is 7.11 Å². The molecule has 0 spiro atoms. The zero-order valence-electron chi connectivity index (χ0n) is 11.3. The molecular formula is C15H22N2O. The van der Waals surface area contributed by atoms with Gasteiger partial charge in [0.05, 0.1) is 6.61 Å². The number of benzene rings is 1. The second-order valence-electron chi connectivity index (χ2n) is 4.46. The fourth-order valence-corrected chi connectivity index (χ4v) is 2.30. The lowest BCUT2D eigenvalue weighted by Crippen LogP contribution is -2.15. The second-order valence-corrected chi connectivity index (χ2v) is 4.46. The summed E-state index contributed by atoms with van der Waals surface area (Å²) in [4.78, 5) is 0. The number of nitrogens with zero attached hydrogens (tertiary/aromatic N) is 1.